The first-order chi connectivity index (χ1) is 8.28. The van der Waals surface area contributed by atoms with Crippen molar-refractivity contribution in [3.05, 3.63) is 29.6 Å². The molecule has 1 fully saturated rings. The smallest absolute Gasteiger partial charge is 0.128 e. The van der Waals surface area contributed by atoms with Gasteiger partial charge in [0.2, 0.25) is 0 Å². The first-order valence-corrected chi connectivity index (χ1v) is 5.81. The molecule has 0 unspecified atom stereocenters. The standard InChI is InChI=1S/C14H15FO2/c15-13-8-12(2-1-6-16)9-14(10-13)17-7-5-11-3-4-11/h8-11,16H,3-7H2. The lowest BCUT2D eigenvalue weighted by Gasteiger charge is -2.06. The van der Waals surface area contributed by atoms with Crippen LogP contribution in [0.25, 0.3) is 0 Å². The fourth-order valence-corrected chi connectivity index (χ4v) is 1.61. The molecule has 1 aliphatic rings. The molecule has 0 saturated heterocycles. The Hall–Kier alpha value is -1.53. The maximum Gasteiger partial charge on any atom is 0.128 e. The second kappa shape index (κ2) is 5.70. The quantitative estimate of drug-likeness (QED) is 0.810. The molecule has 1 aromatic rings. The SMILES string of the molecule is OCC#Cc1cc(F)cc(OCCC2CC2)c1. The van der Waals surface area contributed by atoms with Crippen molar-refractivity contribution in [2.24, 2.45) is 5.92 Å². The lowest BCUT2D eigenvalue weighted by molar-refractivity contribution is 0.301. The summed E-state index contributed by atoms with van der Waals surface area (Å²) in [5.41, 5.74) is 0.528. The van der Waals surface area contributed by atoms with Crippen LogP contribution in [0, 0.1) is 23.6 Å². The predicted octanol–water partition coefficient (Wildman–Crippen LogP) is 2.35. The maximum atomic E-state index is 13.2. The van der Waals surface area contributed by atoms with Gasteiger partial charge in [-0.1, -0.05) is 24.7 Å². The molecule has 1 saturated carbocycles. The van der Waals surface area contributed by atoms with E-state index in [2.05, 4.69) is 11.8 Å². The van der Waals surface area contributed by atoms with E-state index in [1.807, 2.05) is 0 Å². The molecule has 0 atom stereocenters. The van der Waals surface area contributed by atoms with E-state index in [-0.39, 0.29) is 12.4 Å². The van der Waals surface area contributed by atoms with Crippen LogP contribution in [-0.4, -0.2) is 18.3 Å². The highest BCUT2D eigenvalue weighted by Crippen LogP contribution is 2.32. The Balaban J connectivity index is 1.96. The summed E-state index contributed by atoms with van der Waals surface area (Å²) < 4.78 is 18.7. The van der Waals surface area contributed by atoms with E-state index >= 15 is 0 Å². The van der Waals surface area contributed by atoms with Gasteiger partial charge >= 0.3 is 0 Å². The minimum atomic E-state index is -0.365. The Morgan fingerprint density at radius 3 is 2.88 bits per heavy atom. The van der Waals surface area contributed by atoms with Crippen LogP contribution in [0.15, 0.2) is 18.2 Å². The summed E-state index contributed by atoms with van der Waals surface area (Å²) >= 11 is 0. The van der Waals surface area contributed by atoms with E-state index in [4.69, 9.17) is 9.84 Å². The molecule has 0 aliphatic heterocycles. The van der Waals surface area contributed by atoms with Crippen molar-refractivity contribution in [1.29, 1.82) is 0 Å². The Kier molecular flexibility index (Phi) is 4.00. The van der Waals surface area contributed by atoms with E-state index < -0.39 is 0 Å². The zero-order valence-electron chi connectivity index (χ0n) is 9.58. The number of hydrogen-bond acceptors (Lipinski definition) is 2. The zero-order chi connectivity index (χ0) is 12.1. The molecule has 0 aromatic heterocycles. The summed E-state index contributed by atoms with van der Waals surface area (Å²) in [4.78, 5) is 0. The number of aliphatic hydroxyl groups is 1. The molecule has 0 amide bonds. The fourth-order valence-electron chi connectivity index (χ4n) is 1.61. The van der Waals surface area contributed by atoms with Crippen molar-refractivity contribution in [1.82, 2.24) is 0 Å². The summed E-state index contributed by atoms with van der Waals surface area (Å²) in [6.07, 6.45) is 3.62. The molecule has 0 bridgehead atoms. The first-order valence-electron chi connectivity index (χ1n) is 5.81. The summed E-state index contributed by atoms with van der Waals surface area (Å²) in [5, 5.41) is 8.58. The first kappa shape index (κ1) is 11.9. The molecule has 1 aromatic carbocycles. The number of halogens is 1. The van der Waals surface area contributed by atoms with Crippen molar-refractivity contribution in [2.45, 2.75) is 19.3 Å². The fraction of sp³-hybridized carbons (Fsp3) is 0.429. The van der Waals surface area contributed by atoms with Crippen molar-refractivity contribution >= 4 is 0 Å². The Morgan fingerprint density at radius 1 is 1.35 bits per heavy atom. The third-order valence-corrected chi connectivity index (χ3v) is 2.67. The van der Waals surface area contributed by atoms with Crippen LogP contribution >= 0.6 is 0 Å². The molecule has 3 heteroatoms. The van der Waals surface area contributed by atoms with Crippen LogP contribution in [0.5, 0.6) is 5.75 Å². The number of aliphatic hydroxyl groups excluding tert-OH is 1. The minimum absolute atomic E-state index is 0.228. The summed E-state index contributed by atoms with van der Waals surface area (Å²) in [7, 11) is 0. The van der Waals surface area contributed by atoms with Gasteiger partial charge in [-0.15, -0.1) is 0 Å². The average molecular weight is 234 g/mol. The molecule has 0 spiro atoms. The normalized spacial score (nSPS) is 14.0. The lowest BCUT2D eigenvalue weighted by Crippen LogP contribution is -1.99. The van der Waals surface area contributed by atoms with Crippen molar-refractivity contribution in [3.63, 3.8) is 0 Å². The van der Waals surface area contributed by atoms with Crippen LogP contribution in [-0.2, 0) is 0 Å². The molecule has 1 aliphatic carbocycles. The molecule has 2 nitrogen and oxygen atoms in total. The van der Waals surface area contributed by atoms with E-state index in [1.54, 1.807) is 6.07 Å². The van der Waals surface area contributed by atoms with Crippen LogP contribution in [0.4, 0.5) is 4.39 Å². The van der Waals surface area contributed by atoms with Gasteiger partial charge in [0.05, 0.1) is 6.61 Å². The van der Waals surface area contributed by atoms with Gasteiger partial charge in [-0.3, -0.25) is 0 Å². The van der Waals surface area contributed by atoms with E-state index in [9.17, 15) is 4.39 Å². The second-order valence-electron chi connectivity index (χ2n) is 4.22. The molecule has 0 radical (unpaired) electrons. The van der Waals surface area contributed by atoms with Gasteiger partial charge in [-0.2, -0.15) is 0 Å². The maximum absolute atomic E-state index is 13.2. The number of ether oxygens (including phenoxy) is 1. The highest BCUT2D eigenvalue weighted by atomic mass is 19.1. The van der Waals surface area contributed by atoms with Gasteiger partial charge in [0.15, 0.2) is 0 Å². The highest BCUT2D eigenvalue weighted by Gasteiger charge is 2.20. The molecule has 17 heavy (non-hydrogen) atoms. The monoisotopic (exact) mass is 234 g/mol. The van der Waals surface area contributed by atoms with Crippen molar-refractivity contribution in [2.75, 3.05) is 13.2 Å². The highest BCUT2D eigenvalue weighted by molar-refractivity contribution is 5.40. The molecule has 1 N–H and O–H groups in total. The second-order valence-corrected chi connectivity index (χ2v) is 4.22. The predicted molar refractivity (Wildman–Crippen MR) is 63.2 cm³/mol. The summed E-state index contributed by atoms with van der Waals surface area (Å²) in [6.45, 7) is 0.398. The molecular weight excluding hydrogens is 219 g/mol. The lowest BCUT2D eigenvalue weighted by atomic mass is 10.2. The number of benzene rings is 1. The third kappa shape index (κ3) is 4.08. The van der Waals surface area contributed by atoms with Crippen molar-refractivity contribution < 1.29 is 14.2 Å². The van der Waals surface area contributed by atoms with E-state index in [0.717, 1.165) is 12.3 Å². The minimum Gasteiger partial charge on any atom is -0.493 e. The Morgan fingerprint density at radius 2 is 2.18 bits per heavy atom. The summed E-state index contributed by atoms with van der Waals surface area (Å²) in [5.74, 6) is 6.10. The van der Waals surface area contributed by atoms with Gasteiger partial charge in [-0.05, 0) is 24.5 Å². The van der Waals surface area contributed by atoms with Gasteiger partial charge in [-0.25, -0.2) is 4.39 Å². The molecule has 0 heterocycles. The van der Waals surface area contributed by atoms with Crippen molar-refractivity contribution in [3.8, 4) is 17.6 Å². The largest absolute Gasteiger partial charge is 0.493 e. The van der Waals surface area contributed by atoms with Gasteiger partial charge in [0, 0.05) is 11.6 Å². The topological polar surface area (TPSA) is 29.5 Å². The third-order valence-electron chi connectivity index (χ3n) is 2.67. The van der Waals surface area contributed by atoms with E-state index in [1.165, 1.54) is 25.0 Å². The van der Waals surface area contributed by atoms with Crippen LogP contribution in [0.3, 0.4) is 0 Å². The zero-order valence-corrected chi connectivity index (χ0v) is 9.58. The van der Waals surface area contributed by atoms with Crippen LogP contribution in [0.2, 0.25) is 0 Å². The van der Waals surface area contributed by atoms with Gasteiger partial charge in [0.1, 0.15) is 18.2 Å². The van der Waals surface area contributed by atoms with Crippen LogP contribution < -0.4 is 4.74 Å². The number of hydrogen-bond donors (Lipinski definition) is 1. The molecular formula is C14H15FO2. The Bertz CT molecular complexity index is 441. The van der Waals surface area contributed by atoms with Gasteiger partial charge < -0.3 is 9.84 Å². The van der Waals surface area contributed by atoms with E-state index in [0.29, 0.717) is 17.9 Å². The summed E-state index contributed by atoms with van der Waals surface area (Å²) in [6, 6.07) is 4.38. The Labute approximate surface area is 100 Å². The molecule has 2 rings (SSSR count). The van der Waals surface area contributed by atoms with Crippen LogP contribution in [0.1, 0.15) is 24.8 Å². The number of rotatable bonds is 4. The molecule has 90 valence electrons. The van der Waals surface area contributed by atoms with Gasteiger partial charge in [0.25, 0.3) is 0 Å². The average Bonchev–Trinajstić information content (AvgIpc) is 3.10.